The maximum Gasteiger partial charge on any atom is 0.255 e. The van der Waals surface area contributed by atoms with E-state index in [1.54, 1.807) is 6.07 Å². The third-order valence-corrected chi connectivity index (χ3v) is 2.77. The summed E-state index contributed by atoms with van der Waals surface area (Å²) < 4.78 is 4.95. The van der Waals surface area contributed by atoms with Gasteiger partial charge in [-0.25, -0.2) is 0 Å². The number of phenols is 1. The highest BCUT2D eigenvalue weighted by atomic mass is 16.5. The molecule has 1 unspecified atom stereocenters. The standard InChI is InChI=1S/C13H20N2O3/c1-3-9(14)6-7-15-13(17)11-5-4-10(18-2)8-12(11)16/h4-5,8-9,16H,3,6-7,14H2,1-2H3,(H,15,17). The predicted octanol–water partition coefficient (Wildman–Crippen LogP) is 1.26. The molecule has 1 aromatic rings. The zero-order chi connectivity index (χ0) is 13.5. The van der Waals surface area contributed by atoms with E-state index in [0.29, 0.717) is 12.3 Å². The number of aromatic hydroxyl groups is 1. The number of rotatable bonds is 6. The molecule has 1 atom stereocenters. The molecule has 0 aliphatic rings. The number of hydrogen-bond acceptors (Lipinski definition) is 4. The highest BCUT2D eigenvalue weighted by molar-refractivity contribution is 5.96. The number of carbonyl (C=O) groups is 1. The average molecular weight is 252 g/mol. The molecule has 0 bridgehead atoms. The van der Waals surface area contributed by atoms with E-state index >= 15 is 0 Å². The molecule has 5 heteroatoms. The fourth-order valence-electron chi connectivity index (χ4n) is 1.50. The molecule has 0 aromatic heterocycles. The van der Waals surface area contributed by atoms with Gasteiger partial charge in [0.05, 0.1) is 12.7 Å². The number of nitrogens with two attached hydrogens (primary N) is 1. The highest BCUT2D eigenvalue weighted by Crippen LogP contribution is 2.23. The van der Waals surface area contributed by atoms with Crippen LogP contribution >= 0.6 is 0 Å². The molecule has 0 radical (unpaired) electrons. The monoisotopic (exact) mass is 252 g/mol. The predicted molar refractivity (Wildman–Crippen MR) is 69.9 cm³/mol. The molecule has 1 aromatic carbocycles. The van der Waals surface area contributed by atoms with Gasteiger partial charge in [0.2, 0.25) is 0 Å². The molecule has 0 fully saturated rings. The van der Waals surface area contributed by atoms with Gasteiger partial charge in [-0.2, -0.15) is 0 Å². The van der Waals surface area contributed by atoms with Crippen LogP contribution in [0.5, 0.6) is 11.5 Å². The second kappa shape index (κ2) is 6.86. The van der Waals surface area contributed by atoms with Crippen LogP contribution in [0.25, 0.3) is 0 Å². The lowest BCUT2D eigenvalue weighted by Crippen LogP contribution is -2.30. The molecular formula is C13H20N2O3. The smallest absolute Gasteiger partial charge is 0.255 e. The van der Waals surface area contributed by atoms with Gasteiger partial charge in [0.1, 0.15) is 11.5 Å². The summed E-state index contributed by atoms with van der Waals surface area (Å²) in [4.78, 5) is 11.8. The van der Waals surface area contributed by atoms with Crippen LogP contribution in [-0.2, 0) is 0 Å². The first-order valence-corrected chi connectivity index (χ1v) is 5.99. The summed E-state index contributed by atoms with van der Waals surface area (Å²) in [5, 5.41) is 12.4. The fraction of sp³-hybridized carbons (Fsp3) is 0.462. The zero-order valence-corrected chi connectivity index (χ0v) is 10.8. The molecule has 0 spiro atoms. The van der Waals surface area contributed by atoms with Crippen molar-refractivity contribution in [3.05, 3.63) is 23.8 Å². The number of nitrogens with one attached hydrogen (secondary N) is 1. The minimum absolute atomic E-state index is 0.0911. The first kappa shape index (κ1) is 14.3. The first-order valence-electron chi connectivity index (χ1n) is 5.99. The lowest BCUT2D eigenvalue weighted by molar-refractivity contribution is 0.0950. The Balaban J connectivity index is 2.56. The van der Waals surface area contributed by atoms with Crippen molar-refractivity contribution >= 4 is 5.91 Å². The summed E-state index contributed by atoms with van der Waals surface area (Å²) >= 11 is 0. The van der Waals surface area contributed by atoms with Gasteiger partial charge in [-0.3, -0.25) is 4.79 Å². The summed E-state index contributed by atoms with van der Waals surface area (Å²) in [5.74, 6) is 0.113. The molecule has 0 saturated carbocycles. The number of carbonyl (C=O) groups excluding carboxylic acids is 1. The minimum Gasteiger partial charge on any atom is -0.507 e. The third-order valence-electron chi connectivity index (χ3n) is 2.77. The van der Waals surface area contributed by atoms with E-state index in [0.717, 1.165) is 12.8 Å². The van der Waals surface area contributed by atoms with Gasteiger partial charge in [0.25, 0.3) is 5.91 Å². The van der Waals surface area contributed by atoms with E-state index in [-0.39, 0.29) is 23.3 Å². The Morgan fingerprint density at radius 2 is 2.28 bits per heavy atom. The number of hydrogen-bond donors (Lipinski definition) is 3. The van der Waals surface area contributed by atoms with Crippen LogP contribution in [0.1, 0.15) is 30.1 Å². The van der Waals surface area contributed by atoms with Gasteiger partial charge in [0.15, 0.2) is 0 Å². The summed E-state index contributed by atoms with van der Waals surface area (Å²) in [6, 6.07) is 4.66. The van der Waals surface area contributed by atoms with Crippen LogP contribution in [-0.4, -0.2) is 30.7 Å². The van der Waals surface area contributed by atoms with Crippen LogP contribution in [0, 0.1) is 0 Å². The molecule has 1 rings (SSSR count). The second-order valence-corrected chi connectivity index (χ2v) is 4.10. The molecule has 1 amide bonds. The first-order chi connectivity index (χ1) is 8.58. The zero-order valence-electron chi connectivity index (χ0n) is 10.8. The summed E-state index contributed by atoms with van der Waals surface area (Å²) in [6.07, 6.45) is 1.60. The van der Waals surface area contributed by atoms with E-state index in [1.807, 2.05) is 6.92 Å². The van der Waals surface area contributed by atoms with Gasteiger partial charge in [0, 0.05) is 18.7 Å². The van der Waals surface area contributed by atoms with Gasteiger partial charge < -0.3 is 20.9 Å². The van der Waals surface area contributed by atoms with E-state index < -0.39 is 0 Å². The Morgan fingerprint density at radius 1 is 1.56 bits per heavy atom. The quantitative estimate of drug-likeness (QED) is 0.711. The van der Waals surface area contributed by atoms with E-state index in [4.69, 9.17) is 10.5 Å². The van der Waals surface area contributed by atoms with Gasteiger partial charge in [-0.1, -0.05) is 6.92 Å². The van der Waals surface area contributed by atoms with Gasteiger partial charge in [-0.15, -0.1) is 0 Å². The van der Waals surface area contributed by atoms with Crippen molar-refractivity contribution in [2.45, 2.75) is 25.8 Å². The third kappa shape index (κ3) is 3.92. The maximum atomic E-state index is 11.8. The Hall–Kier alpha value is -1.75. The van der Waals surface area contributed by atoms with Gasteiger partial charge in [-0.05, 0) is 25.0 Å². The van der Waals surface area contributed by atoms with Crippen molar-refractivity contribution in [1.29, 1.82) is 0 Å². The molecular weight excluding hydrogens is 232 g/mol. The lowest BCUT2D eigenvalue weighted by atomic mass is 10.1. The second-order valence-electron chi connectivity index (χ2n) is 4.10. The number of amides is 1. The highest BCUT2D eigenvalue weighted by Gasteiger charge is 2.11. The molecule has 18 heavy (non-hydrogen) atoms. The van der Waals surface area contributed by atoms with Crippen LogP contribution in [0.15, 0.2) is 18.2 Å². The molecule has 0 heterocycles. The molecule has 100 valence electrons. The fourth-order valence-corrected chi connectivity index (χ4v) is 1.50. The van der Waals surface area contributed by atoms with Crippen molar-refractivity contribution in [2.24, 2.45) is 5.73 Å². The van der Waals surface area contributed by atoms with E-state index in [9.17, 15) is 9.90 Å². The molecule has 0 aliphatic carbocycles. The van der Waals surface area contributed by atoms with Crippen molar-refractivity contribution in [3.63, 3.8) is 0 Å². The van der Waals surface area contributed by atoms with Crippen molar-refractivity contribution in [3.8, 4) is 11.5 Å². The number of methoxy groups -OCH3 is 1. The maximum absolute atomic E-state index is 11.8. The Bertz CT molecular complexity index is 407. The SMILES string of the molecule is CCC(N)CCNC(=O)c1ccc(OC)cc1O. The molecule has 0 saturated heterocycles. The largest absolute Gasteiger partial charge is 0.507 e. The Kier molecular flexibility index (Phi) is 5.45. The minimum atomic E-state index is -0.307. The van der Waals surface area contributed by atoms with Crippen molar-refractivity contribution in [2.75, 3.05) is 13.7 Å². The Labute approximate surface area is 107 Å². The van der Waals surface area contributed by atoms with Crippen LogP contribution in [0.2, 0.25) is 0 Å². The Morgan fingerprint density at radius 3 is 2.83 bits per heavy atom. The summed E-state index contributed by atoms with van der Waals surface area (Å²) in [7, 11) is 1.50. The van der Waals surface area contributed by atoms with Crippen molar-refractivity contribution in [1.82, 2.24) is 5.32 Å². The number of ether oxygens (including phenoxy) is 1. The molecule has 4 N–H and O–H groups in total. The normalized spacial score (nSPS) is 11.9. The van der Waals surface area contributed by atoms with E-state index in [1.165, 1.54) is 19.2 Å². The molecule has 0 aliphatic heterocycles. The number of benzene rings is 1. The van der Waals surface area contributed by atoms with E-state index in [2.05, 4.69) is 5.32 Å². The van der Waals surface area contributed by atoms with Crippen molar-refractivity contribution < 1.29 is 14.6 Å². The topological polar surface area (TPSA) is 84.6 Å². The summed E-state index contributed by atoms with van der Waals surface area (Å²) in [5.41, 5.74) is 5.99. The lowest BCUT2D eigenvalue weighted by Gasteiger charge is -2.10. The van der Waals surface area contributed by atoms with Gasteiger partial charge >= 0.3 is 0 Å². The molecule has 5 nitrogen and oxygen atoms in total. The van der Waals surface area contributed by atoms with Crippen LogP contribution in [0.4, 0.5) is 0 Å². The average Bonchev–Trinajstić information content (AvgIpc) is 2.37. The van der Waals surface area contributed by atoms with Crippen LogP contribution < -0.4 is 15.8 Å². The number of phenolic OH excluding ortho intramolecular Hbond substituents is 1. The summed E-state index contributed by atoms with van der Waals surface area (Å²) in [6.45, 7) is 2.50. The van der Waals surface area contributed by atoms with Crippen LogP contribution in [0.3, 0.4) is 0 Å².